The number of carboxylic acid groups (broad SMARTS) is 1. The summed E-state index contributed by atoms with van der Waals surface area (Å²) in [6.07, 6.45) is 3.28. The Hall–Kier alpha value is -2.31. The second-order valence-corrected chi connectivity index (χ2v) is 4.24. The first-order chi connectivity index (χ1) is 9.70. The second-order valence-electron chi connectivity index (χ2n) is 4.24. The first-order valence-corrected chi connectivity index (χ1v) is 6.14. The smallest absolute Gasteiger partial charge is 0.323 e. The van der Waals surface area contributed by atoms with Crippen molar-refractivity contribution in [2.75, 3.05) is 6.61 Å². The highest BCUT2D eigenvalue weighted by Crippen LogP contribution is 2.13. The molecule has 6 heteroatoms. The lowest BCUT2D eigenvalue weighted by molar-refractivity contribution is -0.140. The van der Waals surface area contributed by atoms with E-state index in [1.54, 1.807) is 12.4 Å². The molecule has 20 heavy (non-hydrogen) atoms. The van der Waals surface area contributed by atoms with Crippen LogP contribution in [-0.4, -0.2) is 38.8 Å². The molecule has 0 saturated heterocycles. The van der Waals surface area contributed by atoms with Gasteiger partial charge in [-0.3, -0.25) is 10.1 Å². The van der Waals surface area contributed by atoms with Gasteiger partial charge in [0, 0.05) is 30.1 Å². The molecule has 0 spiro atoms. The van der Waals surface area contributed by atoms with Crippen LogP contribution in [0.3, 0.4) is 0 Å². The van der Waals surface area contributed by atoms with Crippen molar-refractivity contribution in [3.05, 3.63) is 48.3 Å². The maximum atomic E-state index is 10.7. The monoisotopic (exact) mass is 273 g/mol. The lowest BCUT2D eigenvalue weighted by Gasteiger charge is -2.11. The standard InChI is InChI=1S/C14H15N3O3/c18-9-12(14(19)20)15-6-10-7-16-13(17-8-10)11-4-2-1-3-5-11/h1-5,7-8,12,15,18H,6,9H2,(H,19,20). The minimum Gasteiger partial charge on any atom is -0.480 e. The van der Waals surface area contributed by atoms with E-state index in [4.69, 9.17) is 10.2 Å². The van der Waals surface area contributed by atoms with Gasteiger partial charge in [0.05, 0.1) is 6.61 Å². The minimum atomic E-state index is -1.09. The van der Waals surface area contributed by atoms with Crippen LogP contribution in [0.5, 0.6) is 0 Å². The van der Waals surface area contributed by atoms with Crippen molar-refractivity contribution >= 4 is 5.97 Å². The highest BCUT2D eigenvalue weighted by molar-refractivity contribution is 5.73. The third-order valence-corrected chi connectivity index (χ3v) is 2.77. The molecule has 2 rings (SSSR count). The number of rotatable bonds is 6. The number of hydrogen-bond donors (Lipinski definition) is 3. The van der Waals surface area contributed by atoms with Gasteiger partial charge in [-0.2, -0.15) is 0 Å². The van der Waals surface area contributed by atoms with Crippen molar-refractivity contribution in [3.8, 4) is 11.4 Å². The zero-order valence-electron chi connectivity index (χ0n) is 10.7. The van der Waals surface area contributed by atoms with E-state index in [-0.39, 0.29) is 6.54 Å². The molecule has 1 atom stereocenters. The van der Waals surface area contributed by atoms with Gasteiger partial charge in [0.2, 0.25) is 0 Å². The molecule has 1 aromatic carbocycles. The van der Waals surface area contributed by atoms with Gasteiger partial charge in [0.25, 0.3) is 0 Å². The molecule has 104 valence electrons. The molecule has 1 heterocycles. The molecular formula is C14H15N3O3. The average molecular weight is 273 g/mol. The molecule has 3 N–H and O–H groups in total. The number of benzene rings is 1. The van der Waals surface area contributed by atoms with Crippen molar-refractivity contribution in [1.29, 1.82) is 0 Å². The normalized spacial score (nSPS) is 12.1. The number of aromatic nitrogens is 2. The van der Waals surface area contributed by atoms with Gasteiger partial charge < -0.3 is 10.2 Å². The van der Waals surface area contributed by atoms with Gasteiger partial charge in [-0.25, -0.2) is 9.97 Å². The van der Waals surface area contributed by atoms with Gasteiger partial charge >= 0.3 is 5.97 Å². The van der Waals surface area contributed by atoms with Gasteiger partial charge in [-0.15, -0.1) is 0 Å². The summed E-state index contributed by atoms with van der Waals surface area (Å²) in [4.78, 5) is 19.2. The molecule has 0 fully saturated rings. The summed E-state index contributed by atoms with van der Waals surface area (Å²) >= 11 is 0. The first kappa shape index (κ1) is 14.1. The Morgan fingerprint density at radius 3 is 2.40 bits per heavy atom. The second kappa shape index (κ2) is 6.74. The molecule has 0 amide bonds. The van der Waals surface area contributed by atoms with Crippen molar-refractivity contribution in [2.45, 2.75) is 12.6 Å². The van der Waals surface area contributed by atoms with Crippen LogP contribution >= 0.6 is 0 Å². The van der Waals surface area contributed by atoms with Crippen molar-refractivity contribution < 1.29 is 15.0 Å². The molecule has 0 aliphatic carbocycles. The Bertz CT molecular complexity index is 558. The highest BCUT2D eigenvalue weighted by Gasteiger charge is 2.14. The van der Waals surface area contributed by atoms with Gasteiger partial charge in [-0.05, 0) is 0 Å². The van der Waals surface area contributed by atoms with Gasteiger partial charge in [0.15, 0.2) is 5.82 Å². The zero-order valence-corrected chi connectivity index (χ0v) is 10.7. The summed E-state index contributed by atoms with van der Waals surface area (Å²) in [5.41, 5.74) is 1.68. The number of aliphatic hydroxyl groups excluding tert-OH is 1. The first-order valence-electron chi connectivity index (χ1n) is 6.14. The Labute approximate surface area is 116 Å². The van der Waals surface area contributed by atoms with E-state index in [1.165, 1.54) is 0 Å². The maximum absolute atomic E-state index is 10.7. The van der Waals surface area contributed by atoms with Gasteiger partial charge in [0.1, 0.15) is 6.04 Å². The van der Waals surface area contributed by atoms with Crippen LogP contribution < -0.4 is 5.32 Å². The van der Waals surface area contributed by atoms with Crippen LogP contribution in [-0.2, 0) is 11.3 Å². The predicted molar refractivity (Wildman–Crippen MR) is 72.8 cm³/mol. The molecule has 0 saturated carbocycles. The van der Waals surface area contributed by atoms with Crippen LogP contribution in [0.4, 0.5) is 0 Å². The van der Waals surface area contributed by atoms with Crippen molar-refractivity contribution in [3.63, 3.8) is 0 Å². The SMILES string of the molecule is O=C(O)C(CO)NCc1cnc(-c2ccccc2)nc1. The van der Waals surface area contributed by atoms with Crippen LogP contribution in [0.2, 0.25) is 0 Å². The third kappa shape index (κ3) is 3.59. The lowest BCUT2D eigenvalue weighted by Crippen LogP contribution is -2.39. The Morgan fingerprint density at radius 1 is 1.20 bits per heavy atom. The molecule has 0 aliphatic rings. The number of hydrogen-bond acceptors (Lipinski definition) is 5. The molecule has 0 aliphatic heterocycles. The van der Waals surface area contributed by atoms with Crippen LogP contribution in [0.25, 0.3) is 11.4 Å². The molecule has 1 unspecified atom stereocenters. The summed E-state index contributed by atoms with van der Waals surface area (Å²) in [5, 5.41) is 20.4. The summed E-state index contributed by atoms with van der Waals surface area (Å²) in [6.45, 7) is -0.176. The number of aliphatic hydroxyl groups is 1. The molecular weight excluding hydrogens is 258 g/mol. The third-order valence-electron chi connectivity index (χ3n) is 2.77. The quantitative estimate of drug-likeness (QED) is 0.716. The Kier molecular flexibility index (Phi) is 4.75. The number of nitrogens with zero attached hydrogens (tertiary/aromatic N) is 2. The van der Waals surface area contributed by atoms with Gasteiger partial charge in [-0.1, -0.05) is 30.3 Å². The molecule has 0 radical (unpaired) electrons. The highest BCUT2D eigenvalue weighted by atomic mass is 16.4. The fourth-order valence-electron chi connectivity index (χ4n) is 1.65. The number of aliphatic carboxylic acids is 1. The summed E-state index contributed by atoms with van der Waals surface area (Å²) in [6, 6.07) is 8.59. The van der Waals surface area contributed by atoms with E-state index < -0.39 is 18.6 Å². The zero-order chi connectivity index (χ0) is 14.4. The minimum absolute atomic E-state index is 0.284. The molecule has 2 aromatic rings. The lowest BCUT2D eigenvalue weighted by atomic mass is 10.2. The van der Waals surface area contributed by atoms with Crippen LogP contribution in [0.1, 0.15) is 5.56 Å². The fourth-order valence-corrected chi connectivity index (χ4v) is 1.65. The van der Waals surface area contributed by atoms with Crippen molar-refractivity contribution in [1.82, 2.24) is 15.3 Å². The average Bonchev–Trinajstić information content (AvgIpc) is 2.49. The summed E-state index contributed by atoms with van der Waals surface area (Å²) < 4.78 is 0. The van der Waals surface area contributed by atoms with E-state index in [1.807, 2.05) is 30.3 Å². The number of carbonyl (C=O) groups is 1. The van der Waals surface area contributed by atoms with Crippen molar-refractivity contribution in [2.24, 2.45) is 0 Å². The summed E-state index contributed by atoms with van der Waals surface area (Å²) in [7, 11) is 0. The van der Waals surface area contributed by atoms with Crippen LogP contribution in [0.15, 0.2) is 42.7 Å². The molecule has 1 aromatic heterocycles. The topological polar surface area (TPSA) is 95.3 Å². The van der Waals surface area contributed by atoms with Crippen LogP contribution in [0, 0.1) is 0 Å². The fraction of sp³-hybridized carbons (Fsp3) is 0.214. The van der Waals surface area contributed by atoms with E-state index in [9.17, 15) is 4.79 Å². The Morgan fingerprint density at radius 2 is 1.85 bits per heavy atom. The van der Waals surface area contributed by atoms with E-state index in [0.717, 1.165) is 11.1 Å². The van der Waals surface area contributed by atoms with E-state index in [2.05, 4.69) is 15.3 Å². The van der Waals surface area contributed by atoms with E-state index >= 15 is 0 Å². The molecule has 6 nitrogen and oxygen atoms in total. The predicted octanol–water partition coefficient (Wildman–Crippen LogP) is 0.679. The van der Waals surface area contributed by atoms with E-state index in [0.29, 0.717) is 5.82 Å². The molecule has 0 bridgehead atoms. The number of nitrogens with one attached hydrogen (secondary N) is 1. The summed E-state index contributed by atoms with van der Waals surface area (Å²) in [5.74, 6) is -0.472. The largest absolute Gasteiger partial charge is 0.480 e. The Balaban J connectivity index is 2.00. The number of carboxylic acids is 1. The maximum Gasteiger partial charge on any atom is 0.323 e.